The maximum atomic E-state index is 11.7. The molecule has 6 nitrogen and oxygen atoms in total. The van der Waals surface area contributed by atoms with Crippen molar-refractivity contribution in [2.75, 3.05) is 6.61 Å². The van der Waals surface area contributed by atoms with Gasteiger partial charge in [0.2, 0.25) is 0 Å². The molecule has 0 saturated heterocycles. The van der Waals surface area contributed by atoms with Crippen LogP contribution in [-0.2, 0) is 20.6 Å². The summed E-state index contributed by atoms with van der Waals surface area (Å²) in [5.74, 6) is 0. The number of rotatable bonds is 4. The van der Waals surface area contributed by atoms with Crippen molar-refractivity contribution in [3.63, 3.8) is 0 Å². The highest BCUT2D eigenvalue weighted by Gasteiger charge is 2.07. The van der Waals surface area contributed by atoms with E-state index in [1.807, 2.05) is 6.92 Å². The van der Waals surface area contributed by atoms with E-state index >= 15 is 0 Å². The minimum Gasteiger partial charge on any atom is -0.395 e. The number of hydrogen-bond donors (Lipinski definition) is 2. The number of aryl methyl sites for hydroxylation is 1. The van der Waals surface area contributed by atoms with Crippen molar-refractivity contribution < 1.29 is 5.11 Å². The van der Waals surface area contributed by atoms with Crippen LogP contribution in [0.15, 0.2) is 15.8 Å². The predicted octanol–water partition coefficient (Wildman–Crippen LogP) is -1.45. The van der Waals surface area contributed by atoms with E-state index < -0.39 is 0 Å². The highest BCUT2D eigenvalue weighted by Crippen LogP contribution is 1.89. The Labute approximate surface area is 93.1 Å². The first-order valence-electron chi connectivity index (χ1n) is 5.07. The van der Waals surface area contributed by atoms with Crippen molar-refractivity contribution >= 4 is 0 Å². The highest BCUT2D eigenvalue weighted by molar-refractivity contribution is 5.05. The second-order valence-electron chi connectivity index (χ2n) is 3.88. The van der Waals surface area contributed by atoms with Gasteiger partial charge in [0.15, 0.2) is 0 Å². The lowest BCUT2D eigenvalue weighted by Gasteiger charge is -2.11. The lowest BCUT2D eigenvalue weighted by Crippen LogP contribution is -2.40. The monoisotopic (exact) mass is 227 g/mol. The summed E-state index contributed by atoms with van der Waals surface area (Å²) in [5.41, 5.74) is -0.144. The van der Waals surface area contributed by atoms with E-state index in [0.717, 1.165) is 4.57 Å². The zero-order chi connectivity index (χ0) is 12.3. The quantitative estimate of drug-likeness (QED) is 0.660. The fourth-order valence-corrected chi connectivity index (χ4v) is 1.35. The molecule has 1 rings (SSSR count). The Morgan fingerprint density at radius 3 is 2.62 bits per heavy atom. The molecule has 0 aromatic carbocycles. The van der Waals surface area contributed by atoms with Crippen LogP contribution in [0.5, 0.6) is 0 Å². The number of nitrogens with one attached hydrogen (secondary N) is 1. The molecule has 0 amide bonds. The number of aromatic nitrogens is 2. The average molecular weight is 227 g/mol. The molecule has 0 aliphatic heterocycles. The summed E-state index contributed by atoms with van der Waals surface area (Å²) in [4.78, 5) is 23.1. The van der Waals surface area contributed by atoms with Crippen LogP contribution in [0, 0.1) is 0 Å². The second-order valence-corrected chi connectivity index (χ2v) is 3.88. The molecule has 1 aromatic rings. The Morgan fingerprint density at radius 2 is 2.06 bits per heavy atom. The van der Waals surface area contributed by atoms with E-state index in [9.17, 15) is 9.59 Å². The van der Waals surface area contributed by atoms with E-state index in [1.165, 1.54) is 17.8 Å². The van der Waals surface area contributed by atoms with Crippen LogP contribution in [0.2, 0.25) is 0 Å². The van der Waals surface area contributed by atoms with E-state index in [0.29, 0.717) is 12.1 Å². The maximum Gasteiger partial charge on any atom is 0.330 e. The third-order valence-corrected chi connectivity index (χ3v) is 2.43. The van der Waals surface area contributed by atoms with Gasteiger partial charge >= 0.3 is 5.69 Å². The number of hydrogen-bond acceptors (Lipinski definition) is 4. The SMILES string of the molecule is CC(CO)NCc1cn(C)c(=O)n(C)c1=O. The summed E-state index contributed by atoms with van der Waals surface area (Å²) in [6.07, 6.45) is 1.52. The Kier molecular flexibility index (Phi) is 4.03. The van der Waals surface area contributed by atoms with E-state index in [4.69, 9.17) is 5.11 Å². The molecule has 0 radical (unpaired) electrons. The third-order valence-electron chi connectivity index (χ3n) is 2.43. The molecule has 1 unspecified atom stereocenters. The van der Waals surface area contributed by atoms with Crippen LogP contribution < -0.4 is 16.6 Å². The van der Waals surface area contributed by atoms with Crippen LogP contribution in [0.3, 0.4) is 0 Å². The molecule has 1 atom stereocenters. The molecule has 0 saturated carbocycles. The minimum atomic E-state index is -0.344. The van der Waals surface area contributed by atoms with E-state index in [-0.39, 0.29) is 23.9 Å². The van der Waals surface area contributed by atoms with Crippen molar-refractivity contribution in [3.05, 3.63) is 32.6 Å². The summed E-state index contributed by atoms with van der Waals surface area (Å²) in [7, 11) is 3.05. The van der Waals surface area contributed by atoms with E-state index in [1.54, 1.807) is 7.05 Å². The smallest absolute Gasteiger partial charge is 0.330 e. The summed E-state index contributed by atoms with van der Waals surface area (Å²) >= 11 is 0. The second kappa shape index (κ2) is 5.09. The molecular formula is C10H17N3O3. The van der Waals surface area contributed by atoms with Crippen molar-refractivity contribution in [2.45, 2.75) is 19.5 Å². The molecule has 0 fully saturated rings. The molecule has 0 aliphatic carbocycles. The Hall–Kier alpha value is -1.40. The maximum absolute atomic E-state index is 11.7. The lowest BCUT2D eigenvalue weighted by atomic mass is 10.3. The van der Waals surface area contributed by atoms with Crippen LogP contribution in [0.1, 0.15) is 12.5 Å². The van der Waals surface area contributed by atoms with Gasteiger partial charge in [0.1, 0.15) is 0 Å². The summed E-state index contributed by atoms with van der Waals surface area (Å²) in [6.45, 7) is 2.15. The first kappa shape index (κ1) is 12.7. The normalized spacial score (nSPS) is 12.8. The zero-order valence-corrected chi connectivity index (χ0v) is 9.73. The Balaban J connectivity index is 2.98. The molecule has 1 heterocycles. The molecule has 2 N–H and O–H groups in total. The predicted molar refractivity (Wildman–Crippen MR) is 60.3 cm³/mol. The first-order chi connectivity index (χ1) is 7.47. The fraction of sp³-hybridized carbons (Fsp3) is 0.600. The van der Waals surface area contributed by atoms with Crippen LogP contribution in [0.25, 0.3) is 0 Å². The minimum absolute atomic E-state index is 0.00603. The molecule has 16 heavy (non-hydrogen) atoms. The summed E-state index contributed by atoms with van der Waals surface area (Å²) in [5, 5.41) is 11.8. The van der Waals surface area contributed by atoms with Gasteiger partial charge in [0.25, 0.3) is 5.56 Å². The molecule has 0 aliphatic rings. The standard InChI is InChI=1S/C10H17N3O3/c1-7(6-14)11-4-8-5-12(2)10(16)13(3)9(8)15/h5,7,11,14H,4,6H2,1-3H3. The number of aliphatic hydroxyl groups is 1. The van der Waals surface area contributed by atoms with Gasteiger partial charge < -0.3 is 15.0 Å². The van der Waals surface area contributed by atoms with Gasteiger partial charge in [0, 0.05) is 38.4 Å². The van der Waals surface area contributed by atoms with Gasteiger partial charge in [-0.2, -0.15) is 0 Å². The third kappa shape index (κ3) is 2.59. The van der Waals surface area contributed by atoms with Gasteiger partial charge in [-0.1, -0.05) is 0 Å². The summed E-state index contributed by atoms with van der Waals surface area (Å²) < 4.78 is 2.43. The highest BCUT2D eigenvalue weighted by atomic mass is 16.3. The van der Waals surface area contributed by atoms with Gasteiger partial charge in [-0.15, -0.1) is 0 Å². The molecule has 0 bridgehead atoms. The molecule has 0 spiro atoms. The first-order valence-corrected chi connectivity index (χ1v) is 5.07. The van der Waals surface area contributed by atoms with Crippen molar-refractivity contribution in [3.8, 4) is 0 Å². The summed E-state index contributed by atoms with van der Waals surface area (Å²) in [6, 6.07) is -0.0815. The van der Waals surface area contributed by atoms with Crippen LogP contribution >= 0.6 is 0 Å². The number of aliphatic hydroxyl groups excluding tert-OH is 1. The van der Waals surface area contributed by atoms with Crippen molar-refractivity contribution in [1.29, 1.82) is 0 Å². The topological polar surface area (TPSA) is 76.3 Å². The van der Waals surface area contributed by atoms with Gasteiger partial charge in [-0.25, -0.2) is 4.79 Å². The largest absolute Gasteiger partial charge is 0.395 e. The molecule has 6 heteroatoms. The van der Waals surface area contributed by atoms with E-state index in [2.05, 4.69) is 5.32 Å². The van der Waals surface area contributed by atoms with Crippen LogP contribution in [0.4, 0.5) is 0 Å². The zero-order valence-electron chi connectivity index (χ0n) is 9.73. The number of nitrogens with zero attached hydrogens (tertiary/aromatic N) is 2. The van der Waals surface area contributed by atoms with Crippen molar-refractivity contribution in [2.24, 2.45) is 14.1 Å². The van der Waals surface area contributed by atoms with Crippen LogP contribution in [-0.4, -0.2) is 26.9 Å². The van der Waals surface area contributed by atoms with Gasteiger partial charge in [-0.3, -0.25) is 9.36 Å². The van der Waals surface area contributed by atoms with Crippen molar-refractivity contribution in [1.82, 2.24) is 14.5 Å². The molecule has 90 valence electrons. The van der Waals surface area contributed by atoms with Gasteiger partial charge in [-0.05, 0) is 6.92 Å². The molecular weight excluding hydrogens is 210 g/mol. The molecule has 1 aromatic heterocycles. The Bertz CT molecular complexity index is 475. The fourth-order valence-electron chi connectivity index (χ4n) is 1.35. The Morgan fingerprint density at radius 1 is 1.44 bits per heavy atom. The van der Waals surface area contributed by atoms with Gasteiger partial charge in [0.05, 0.1) is 6.61 Å². The lowest BCUT2D eigenvalue weighted by molar-refractivity contribution is 0.250. The average Bonchev–Trinajstić information content (AvgIpc) is 2.28.